The van der Waals surface area contributed by atoms with Gasteiger partial charge in [-0.05, 0) is 38.8 Å². The number of amides is 2. The summed E-state index contributed by atoms with van der Waals surface area (Å²) < 4.78 is 0. The van der Waals surface area contributed by atoms with Gasteiger partial charge in [0, 0.05) is 32.5 Å². The molecule has 0 aromatic carbocycles. The Balaban J connectivity index is 0.00000361. The molecule has 1 unspecified atom stereocenters. The highest BCUT2D eigenvalue weighted by atomic mass is 35.5. The predicted octanol–water partition coefficient (Wildman–Crippen LogP) is 1.17. The van der Waals surface area contributed by atoms with E-state index in [0.29, 0.717) is 25.3 Å². The zero-order valence-corrected chi connectivity index (χ0v) is 13.4. The third kappa shape index (κ3) is 7.10. The normalized spacial score (nSPS) is 18.3. The van der Waals surface area contributed by atoms with Gasteiger partial charge in [-0.3, -0.25) is 9.59 Å². The predicted molar refractivity (Wildman–Crippen MR) is 83.0 cm³/mol. The van der Waals surface area contributed by atoms with Crippen LogP contribution in [0.5, 0.6) is 0 Å². The Kier molecular flexibility index (Phi) is 10.5. The minimum absolute atomic E-state index is 0. The fraction of sp³-hybridized carbons (Fsp3) is 0.857. The van der Waals surface area contributed by atoms with Crippen LogP contribution >= 0.6 is 12.4 Å². The van der Waals surface area contributed by atoms with Crippen molar-refractivity contribution < 1.29 is 9.59 Å². The fourth-order valence-corrected chi connectivity index (χ4v) is 2.48. The summed E-state index contributed by atoms with van der Waals surface area (Å²) in [6, 6.07) is 0. The molecule has 6 heteroatoms. The molecule has 2 N–H and O–H groups in total. The summed E-state index contributed by atoms with van der Waals surface area (Å²) in [5.41, 5.74) is 0. The number of carbonyl (C=O) groups is 2. The van der Waals surface area contributed by atoms with Crippen LogP contribution < -0.4 is 10.6 Å². The molecule has 0 bridgehead atoms. The minimum Gasteiger partial charge on any atom is -0.356 e. The van der Waals surface area contributed by atoms with Gasteiger partial charge in [0.1, 0.15) is 0 Å². The highest BCUT2D eigenvalue weighted by molar-refractivity contribution is 5.85. The maximum Gasteiger partial charge on any atom is 0.223 e. The molecule has 1 fully saturated rings. The molecule has 0 aromatic rings. The molecule has 20 heavy (non-hydrogen) atoms. The van der Waals surface area contributed by atoms with E-state index < -0.39 is 0 Å². The molecule has 0 radical (unpaired) electrons. The lowest BCUT2D eigenvalue weighted by atomic mass is 9.97. The highest BCUT2D eigenvalue weighted by Crippen LogP contribution is 2.16. The van der Waals surface area contributed by atoms with E-state index in [-0.39, 0.29) is 24.2 Å². The van der Waals surface area contributed by atoms with E-state index in [1.165, 1.54) is 6.42 Å². The Morgan fingerprint density at radius 3 is 2.70 bits per heavy atom. The number of likely N-dealkylation sites (tertiary alicyclic amines) is 1. The highest BCUT2D eigenvalue weighted by Gasteiger charge is 2.23. The van der Waals surface area contributed by atoms with Crippen molar-refractivity contribution in [3.8, 4) is 0 Å². The van der Waals surface area contributed by atoms with Crippen molar-refractivity contribution in [1.29, 1.82) is 0 Å². The monoisotopic (exact) mass is 305 g/mol. The lowest BCUT2D eigenvalue weighted by molar-refractivity contribution is -0.135. The number of hydrogen-bond acceptors (Lipinski definition) is 3. The first-order chi connectivity index (χ1) is 9.17. The molecule has 0 aromatic heterocycles. The zero-order chi connectivity index (χ0) is 14.1. The molecule has 0 aliphatic carbocycles. The Hall–Kier alpha value is -0.810. The third-order valence-corrected chi connectivity index (χ3v) is 3.50. The SMILES string of the molecule is CCCNC(=O)CCC(=O)N1CCCC(CNC)C1.Cl. The maximum atomic E-state index is 12.1. The van der Waals surface area contributed by atoms with Crippen molar-refractivity contribution in [1.82, 2.24) is 15.5 Å². The molecule has 1 aliphatic heterocycles. The van der Waals surface area contributed by atoms with Gasteiger partial charge in [0.15, 0.2) is 0 Å². The van der Waals surface area contributed by atoms with Gasteiger partial charge in [-0.2, -0.15) is 0 Å². The topological polar surface area (TPSA) is 61.4 Å². The van der Waals surface area contributed by atoms with E-state index in [0.717, 1.165) is 32.5 Å². The molecule has 1 atom stereocenters. The second-order valence-electron chi connectivity index (χ2n) is 5.26. The van der Waals surface area contributed by atoms with Crippen LogP contribution in [0.1, 0.15) is 39.0 Å². The molecule has 1 aliphatic rings. The van der Waals surface area contributed by atoms with Gasteiger partial charge in [0.2, 0.25) is 11.8 Å². The molecule has 2 amide bonds. The Labute approximate surface area is 128 Å². The zero-order valence-electron chi connectivity index (χ0n) is 12.6. The van der Waals surface area contributed by atoms with Crippen LogP contribution in [0.2, 0.25) is 0 Å². The number of rotatable bonds is 7. The average molecular weight is 306 g/mol. The first-order valence-corrected chi connectivity index (χ1v) is 7.36. The van der Waals surface area contributed by atoms with Crippen LogP contribution in [-0.2, 0) is 9.59 Å². The summed E-state index contributed by atoms with van der Waals surface area (Å²) in [5.74, 6) is 0.656. The van der Waals surface area contributed by atoms with Crippen molar-refractivity contribution in [3.05, 3.63) is 0 Å². The molecule has 5 nitrogen and oxygen atoms in total. The summed E-state index contributed by atoms with van der Waals surface area (Å²) in [4.78, 5) is 25.4. The number of hydrogen-bond donors (Lipinski definition) is 2. The molecule has 1 heterocycles. The van der Waals surface area contributed by atoms with E-state index in [2.05, 4.69) is 10.6 Å². The number of nitrogens with one attached hydrogen (secondary N) is 2. The number of piperidine rings is 1. The minimum atomic E-state index is -0.0148. The van der Waals surface area contributed by atoms with E-state index in [1.54, 1.807) is 0 Å². The van der Waals surface area contributed by atoms with Crippen LogP contribution in [0.15, 0.2) is 0 Å². The standard InChI is InChI=1S/C14H27N3O2.ClH/c1-3-8-16-13(18)6-7-14(19)17-9-4-5-12(11-17)10-15-2;/h12,15H,3-11H2,1-2H3,(H,16,18);1H. The van der Waals surface area contributed by atoms with Gasteiger partial charge in [-0.15, -0.1) is 12.4 Å². The van der Waals surface area contributed by atoms with Gasteiger partial charge in [0.05, 0.1) is 0 Å². The van der Waals surface area contributed by atoms with Crippen molar-refractivity contribution in [2.75, 3.05) is 33.2 Å². The van der Waals surface area contributed by atoms with Crippen molar-refractivity contribution in [2.45, 2.75) is 39.0 Å². The first kappa shape index (κ1) is 19.2. The Morgan fingerprint density at radius 2 is 2.05 bits per heavy atom. The summed E-state index contributed by atoms with van der Waals surface area (Å²) in [7, 11) is 1.94. The van der Waals surface area contributed by atoms with E-state index in [1.807, 2.05) is 18.9 Å². The van der Waals surface area contributed by atoms with Gasteiger partial charge in [0.25, 0.3) is 0 Å². The number of halogens is 1. The second kappa shape index (κ2) is 10.9. The van der Waals surface area contributed by atoms with Gasteiger partial charge < -0.3 is 15.5 Å². The molecule has 1 saturated heterocycles. The fourth-order valence-electron chi connectivity index (χ4n) is 2.48. The van der Waals surface area contributed by atoms with E-state index >= 15 is 0 Å². The van der Waals surface area contributed by atoms with Crippen LogP contribution in [0, 0.1) is 5.92 Å². The molecule has 118 valence electrons. The van der Waals surface area contributed by atoms with Crippen molar-refractivity contribution >= 4 is 24.2 Å². The summed E-state index contributed by atoms with van der Waals surface area (Å²) >= 11 is 0. The lowest BCUT2D eigenvalue weighted by Gasteiger charge is -2.32. The largest absolute Gasteiger partial charge is 0.356 e. The van der Waals surface area contributed by atoms with Gasteiger partial charge in [-0.25, -0.2) is 0 Å². The van der Waals surface area contributed by atoms with Crippen LogP contribution in [-0.4, -0.2) is 49.9 Å². The van der Waals surface area contributed by atoms with E-state index in [9.17, 15) is 9.59 Å². The third-order valence-electron chi connectivity index (χ3n) is 3.50. The maximum absolute atomic E-state index is 12.1. The summed E-state index contributed by atoms with van der Waals surface area (Å²) in [5, 5.41) is 5.97. The van der Waals surface area contributed by atoms with Crippen molar-refractivity contribution in [3.63, 3.8) is 0 Å². The smallest absolute Gasteiger partial charge is 0.223 e. The van der Waals surface area contributed by atoms with Crippen LogP contribution in [0.25, 0.3) is 0 Å². The summed E-state index contributed by atoms with van der Waals surface area (Å²) in [6.45, 7) is 5.34. The Morgan fingerprint density at radius 1 is 1.30 bits per heavy atom. The molecule has 0 spiro atoms. The van der Waals surface area contributed by atoms with Crippen molar-refractivity contribution in [2.24, 2.45) is 5.92 Å². The number of carbonyl (C=O) groups excluding carboxylic acids is 2. The summed E-state index contributed by atoms with van der Waals surface area (Å²) in [6.07, 6.45) is 3.83. The van der Waals surface area contributed by atoms with Crippen LogP contribution in [0.3, 0.4) is 0 Å². The lowest BCUT2D eigenvalue weighted by Crippen LogP contribution is -2.42. The molecular weight excluding hydrogens is 278 g/mol. The molecule has 0 saturated carbocycles. The average Bonchev–Trinajstić information content (AvgIpc) is 2.43. The second-order valence-corrected chi connectivity index (χ2v) is 5.26. The van der Waals surface area contributed by atoms with Gasteiger partial charge >= 0.3 is 0 Å². The number of nitrogens with zero attached hydrogens (tertiary/aromatic N) is 1. The molecular formula is C14H28ClN3O2. The first-order valence-electron chi connectivity index (χ1n) is 7.36. The van der Waals surface area contributed by atoms with Gasteiger partial charge in [-0.1, -0.05) is 6.92 Å². The quantitative estimate of drug-likeness (QED) is 0.742. The molecule has 1 rings (SSSR count). The van der Waals surface area contributed by atoms with E-state index in [4.69, 9.17) is 0 Å². The van der Waals surface area contributed by atoms with Crippen LogP contribution in [0.4, 0.5) is 0 Å². The Bertz CT molecular complexity index is 298.